The zero-order valence-corrected chi connectivity index (χ0v) is 15.8. The number of fused-ring (bicyclic) bond motifs is 3. The summed E-state index contributed by atoms with van der Waals surface area (Å²) in [6.45, 7) is 7.80. The van der Waals surface area contributed by atoms with Crippen molar-refractivity contribution in [1.29, 1.82) is 0 Å². The van der Waals surface area contributed by atoms with Crippen molar-refractivity contribution in [3.8, 4) is 0 Å². The van der Waals surface area contributed by atoms with Gasteiger partial charge in [0.15, 0.2) is 0 Å². The monoisotopic (exact) mass is 363 g/mol. The van der Waals surface area contributed by atoms with Gasteiger partial charge in [0, 0.05) is 12.0 Å². The van der Waals surface area contributed by atoms with Crippen LogP contribution in [0.1, 0.15) is 56.2 Å². The normalized spacial score (nSPS) is 21.8. The van der Waals surface area contributed by atoms with Crippen molar-refractivity contribution in [2.45, 2.75) is 65.0 Å². The Kier molecular flexibility index (Phi) is 4.56. The number of amides is 1. The van der Waals surface area contributed by atoms with Crippen LogP contribution in [-0.2, 0) is 38.6 Å². The molecule has 2 aliphatic rings. The second-order valence-corrected chi connectivity index (χ2v) is 7.62. The molecule has 0 aliphatic carbocycles. The third kappa shape index (κ3) is 3.21. The summed E-state index contributed by atoms with van der Waals surface area (Å²) < 4.78 is 16.1. The van der Waals surface area contributed by atoms with Crippen molar-refractivity contribution in [2.75, 3.05) is 12.8 Å². The summed E-state index contributed by atoms with van der Waals surface area (Å²) in [5.41, 5.74) is 8.86. The molecule has 8 heteroatoms. The minimum absolute atomic E-state index is 0.135. The van der Waals surface area contributed by atoms with E-state index in [1.54, 1.807) is 20.8 Å². The lowest BCUT2D eigenvalue weighted by atomic mass is 9.91. The minimum Gasteiger partial charge on any atom is -0.467 e. The maximum Gasteiger partial charge on any atom is 0.411 e. The Balaban J connectivity index is 2.01. The summed E-state index contributed by atoms with van der Waals surface area (Å²) in [5.74, 6) is -0.0801. The molecule has 3 heterocycles. The molecule has 0 unspecified atom stereocenters. The highest BCUT2D eigenvalue weighted by Crippen LogP contribution is 2.39. The number of esters is 1. The number of nitrogens with two attached hydrogens (primary N) is 1. The number of methoxy groups -OCH3 is 1. The van der Waals surface area contributed by atoms with E-state index in [0.717, 1.165) is 16.7 Å². The molecule has 2 atom stereocenters. The average molecular weight is 363 g/mol. The zero-order chi connectivity index (χ0) is 19.2. The smallest absolute Gasteiger partial charge is 0.411 e. The van der Waals surface area contributed by atoms with Gasteiger partial charge in [0.2, 0.25) is 0 Å². The van der Waals surface area contributed by atoms with Gasteiger partial charge < -0.3 is 19.9 Å². The van der Waals surface area contributed by atoms with Crippen LogP contribution in [0.2, 0.25) is 0 Å². The fraction of sp³-hybridized carbons (Fsp3) is 0.611. The van der Waals surface area contributed by atoms with Gasteiger partial charge in [-0.25, -0.2) is 14.6 Å². The van der Waals surface area contributed by atoms with E-state index in [0.29, 0.717) is 24.5 Å². The summed E-state index contributed by atoms with van der Waals surface area (Å²) >= 11 is 0. The maximum absolute atomic E-state index is 12.6. The highest BCUT2D eigenvalue weighted by molar-refractivity contribution is 5.82. The summed E-state index contributed by atoms with van der Waals surface area (Å²) in [4.78, 5) is 30.8. The van der Waals surface area contributed by atoms with Gasteiger partial charge in [-0.1, -0.05) is 0 Å². The quantitative estimate of drug-likeness (QED) is 0.762. The molecule has 0 radical (unpaired) electrons. The Bertz CT molecular complexity index is 756. The third-order valence-corrected chi connectivity index (χ3v) is 4.65. The number of carbonyl (C=O) groups is 2. The van der Waals surface area contributed by atoms with Crippen LogP contribution in [0.3, 0.4) is 0 Å². The van der Waals surface area contributed by atoms with Crippen LogP contribution in [0.25, 0.3) is 0 Å². The molecule has 2 N–H and O–H groups in total. The number of rotatable bonds is 1. The molecular weight excluding hydrogens is 338 g/mol. The van der Waals surface area contributed by atoms with Crippen molar-refractivity contribution in [2.24, 2.45) is 0 Å². The van der Waals surface area contributed by atoms with Crippen molar-refractivity contribution in [3.05, 3.63) is 22.4 Å². The molecule has 1 aromatic rings. The molecule has 1 aromatic heterocycles. The molecule has 3 rings (SSSR count). The molecule has 0 aromatic carbocycles. The predicted octanol–water partition coefficient (Wildman–Crippen LogP) is 2.09. The van der Waals surface area contributed by atoms with E-state index in [4.69, 9.17) is 19.9 Å². The molecule has 0 fully saturated rings. The van der Waals surface area contributed by atoms with Crippen LogP contribution in [0, 0.1) is 0 Å². The lowest BCUT2D eigenvalue weighted by Gasteiger charge is -2.36. The number of nitrogens with zero attached hydrogens (tertiary/aromatic N) is 2. The second-order valence-electron chi connectivity index (χ2n) is 7.62. The van der Waals surface area contributed by atoms with E-state index < -0.39 is 23.7 Å². The van der Waals surface area contributed by atoms with Gasteiger partial charge in [0.05, 0.1) is 32.1 Å². The highest BCUT2D eigenvalue weighted by Gasteiger charge is 2.41. The Labute approximate surface area is 152 Å². The number of carbonyl (C=O) groups excluding carboxylic acids is 2. The number of pyridine rings is 1. The van der Waals surface area contributed by atoms with Crippen LogP contribution in [0.5, 0.6) is 0 Å². The van der Waals surface area contributed by atoms with Gasteiger partial charge in [-0.2, -0.15) is 0 Å². The number of hydrogen-bond donors (Lipinski definition) is 1. The van der Waals surface area contributed by atoms with Crippen LogP contribution < -0.4 is 5.73 Å². The largest absolute Gasteiger partial charge is 0.467 e. The third-order valence-electron chi connectivity index (χ3n) is 4.65. The summed E-state index contributed by atoms with van der Waals surface area (Å²) in [6.07, 6.45) is -0.417. The highest BCUT2D eigenvalue weighted by atomic mass is 16.6. The Morgan fingerprint density at radius 2 is 2.00 bits per heavy atom. The summed E-state index contributed by atoms with van der Waals surface area (Å²) in [6, 6.07) is -0.771. The van der Waals surface area contributed by atoms with Crippen LogP contribution in [0.15, 0.2) is 0 Å². The van der Waals surface area contributed by atoms with Crippen LogP contribution in [0.4, 0.5) is 10.6 Å². The second kappa shape index (κ2) is 6.42. The van der Waals surface area contributed by atoms with Gasteiger partial charge in [-0.15, -0.1) is 0 Å². The number of aromatic nitrogens is 1. The standard InChI is InChI=1S/C18H25N3O5/c1-9-14-11(8-25-9)10-6-13(16(22)24-5)21(7-12(10)20-15(14)19)17(23)26-18(2,3)4/h9,13H,6-8H2,1-5H3,(H2,19,20)/t9-,13-/m1/s1. The van der Waals surface area contributed by atoms with Crippen molar-refractivity contribution in [3.63, 3.8) is 0 Å². The van der Waals surface area contributed by atoms with Crippen molar-refractivity contribution < 1.29 is 23.8 Å². The molecule has 0 bridgehead atoms. The van der Waals surface area contributed by atoms with E-state index in [1.807, 2.05) is 6.92 Å². The zero-order valence-electron chi connectivity index (χ0n) is 15.8. The molecule has 142 valence electrons. The fourth-order valence-electron chi connectivity index (χ4n) is 3.48. The molecule has 8 nitrogen and oxygen atoms in total. The Morgan fingerprint density at radius 1 is 1.31 bits per heavy atom. The fourth-order valence-corrected chi connectivity index (χ4v) is 3.48. The lowest BCUT2D eigenvalue weighted by molar-refractivity contribution is -0.147. The lowest BCUT2D eigenvalue weighted by Crippen LogP contribution is -2.51. The van der Waals surface area contributed by atoms with Crippen LogP contribution in [-0.4, -0.2) is 40.7 Å². The molecule has 26 heavy (non-hydrogen) atoms. The van der Waals surface area contributed by atoms with Crippen molar-refractivity contribution in [1.82, 2.24) is 9.88 Å². The van der Waals surface area contributed by atoms with Gasteiger partial charge >= 0.3 is 12.1 Å². The predicted molar refractivity (Wildman–Crippen MR) is 93.1 cm³/mol. The number of ether oxygens (including phenoxy) is 3. The van der Waals surface area contributed by atoms with E-state index in [-0.39, 0.29) is 12.6 Å². The molecule has 2 aliphatic heterocycles. The molecule has 0 saturated heterocycles. The van der Waals surface area contributed by atoms with E-state index >= 15 is 0 Å². The summed E-state index contributed by atoms with van der Waals surface area (Å²) in [7, 11) is 1.31. The van der Waals surface area contributed by atoms with Gasteiger partial charge in [-0.05, 0) is 38.8 Å². The minimum atomic E-state index is -0.771. The maximum atomic E-state index is 12.6. The number of hydrogen-bond acceptors (Lipinski definition) is 7. The van der Waals surface area contributed by atoms with Crippen molar-refractivity contribution >= 4 is 17.9 Å². The molecular formula is C18H25N3O5. The first-order chi connectivity index (χ1) is 12.1. The van der Waals surface area contributed by atoms with Gasteiger partial charge in [0.25, 0.3) is 0 Å². The Morgan fingerprint density at radius 3 is 2.62 bits per heavy atom. The first kappa shape index (κ1) is 18.4. The first-order valence-corrected chi connectivity index (χ1v) is 8.61. The van der Waals surface area contributed by atoms with Gasteiger partial charge in [0.1, 0.15) is 17.5 Å². The molecule has 1 amide bonds. The Hall–Kier alpha value is -2.35. The van der Waals surface area contributed by atoms with E-state index in [1.165, 1.54) is 12.0 Å². The van der Waals surface area contributed by atoms with Crippen LogP contribution >= 0.6 is 0 Å². The number of nitrogen functional groups attached to an aromatic ring is 1. The average Bonchev–Trinajstić information content (AvgIpc) is 2.94. The van der Waals surface area contributed by atoms with E-state index in [9.17, 15) is 9.59 Å². The number of anilines is 1. The molecule has 0 saturated carbocycles. The topological polar surface area (TPSA) is 104 Å². The van der Waals surface area contributed by atoms with E-state index in [2.05, 4.69) is 4.98 Å². The molecule has 0 spiro atoms. The first-order valence-electron chi connectivity index (χ1n) is 8.61. The van der Waals surface area contributed by atoms with Gasteiger partial charge in [-0.3, -0.25) is 4.90 Å². The SMILES string of the molecule is COC(=O)[C@H]1Cc2c(nc(N)c3c2CO[C@@H]3C)CN1C(=O)OC(C)(C)C. The summed E-state index contributed by atoms with van der Waals surface area (Å²) in [5, 5.41) is 0.